The first-order valence-electron chi connectivity index (χ1n) is 8.60. The van der Waals surface area contributed by atoms with Gasteiger partial charge in [-0.3, -0.25) is 0 Å². The van der Waals surface area contributed by atoms with Crippen LogP contribution in [0.15, 0.2) is 34.6 Å². The smallest absolute Gasteiger partial charge is 0.175 e. The number of aromatic nitrogens is 4. The Labute approximate surface area is 162 Å². The molecule has 1 aromatic carbocycles. The molecule has 3 aromatic rings. The van der Waals surface area contributed by atoms with Crippen LogP contribution in [0.3, 0.4) is 0 Å². The lowest BCUT2D eigenvalue weighted by molar-refractivity contribution is 0.525. The van der Waals surface area contributed by atoms with Gasteiger partial charge in [0.05, 0.1) is 0 Å². The Balaban J connectivity index is 1.93. The van der Waals surface area contributed by atoms with E-state index in [0.717, 1.165) is 40.8 Å². The third kappa shape index (κ3) is 4.28. The third-order valence-corrected chi connectivity index (χ3v) is 5.38. The van der Waals surface area contributed by atoms with Crippen molar-refractivity contribution in [3.63, 3.8) is 0 Å². The lowest BCUT2D eigenvalue weighted by Gasteiger charge is -2.11. The van der Waals surface area contributed by atoms with Crippen LogP contribution in [-0.4, -0.2) is 32.1 Å². The molecule has 2 heterocycles. The number of nitrogens with zero attached hydrogens (tertiary/aromatic N) is 4. The lowest BCUT2D eigenvalue weighted by atomic mass is 10.2. The second-order valence-corrected chi connectivity index (χ2v) is 7.90. The van der Waals surface area contributed by atoms with Crippen molar-refractivity contribution < 1.29 is 0 Å². The van der Waals surface area contributed by atoms with Crippen molar-refractivity contribution in [2.45, 2.75) is 49.8 Å². The SMILES string of the molecule is Cc1ccc(Cl)cc1Sc1nc2c(N)ncnc2n1CCCNC(C)C. The number of imidazole rings is 1. The number of nitrogens with two attached hydrogens (primary N) is 1. The molecule has 2 aromatic heterocycles. The molecule has 0 amide bonds. The summed E-state index contributed by atoms with van der Waals surface area (Å²) in [6.45, 7) is 8.08. The zero-order chi connectivity index (χ0) is 18.7. The molecule has 0 fully saturated rings. The van der Waals surface area contributed by atoms with Gasteiger partial charge in [0.1, 0.15) is 6.33 Å². The first-order chi connectivity index (χ1) is 12.5. The number of benzene rings is 1. The highest BCUT2D eigenvalue weighted by molar-refractivity contribution is 7.99. The number of nitrogen functional groups attached to an aromatic ring is 1. The summed E-state index contributed by atoms with van der Waals surface area (Å²) in [5.41, 5.74) is 8.57. The Hall–Kier alpha value is -1.83. The molecule has 26 heavy (non-hydrogen) atoms. The highest BCUT2D eigenvalue weighted by atomic mass is 35.5. The maximum absolute atomic E-state index is 6.17. The molecule has 0 saturated carbocycles. The van der Waals surface area contributed by atoms with E-state index in [1.165, 1.54) is 6.33 Å². The second-order valence-electron chi connectivity index (χ2n) is 6.45. The average molecular weight is 391 g/mol. The standard InChI is InChI=1S/C18H23ClN6S/c1-11(2)21-7-4-8-25-17-15(16(20)22-10-23-17)24-18(25)26-14-9-13(19)6-5-12(14)3/h5-6,9-11,21H,4,7-8H2,1-3H3,(H2,20,22,23). The molecule has 0 bridgehead atoms. The number of rotatable bonds is 7. The number of aryl methyl sites for hydroxylation is 2. The van der Waals surface area contributed by atoms with Gasteiger partial charge in [-0.1, -0.05) is 43.3 Å². The zero-order valence-electron chi connectivity index (χ0n) is 15.2. The summed E-state index contributed by atoms with van der Waals surface area (Å²) < 4.78 is 2.11. The van der Waals surface area contributed by atoms with Crippen molar-refractivity contribution in [3.8, 4) is 0 Å². The zero-order valence-corrected chi connectivity index (χ0v) is 16.7. The van der Waals surface area contributed by atoms with Crippen LogP contribution >= 0.6 is 23.4 Å². The summed E-state index contributed by atoms with van der Waals surface area (Å²) in [4.78, 5) is 14.3. The molecular formula is C18H23ClN6S. The highest BCUT2D eigenvalue weighted by Gasteiger charge is 2.16. The van der Waals surface area contributed by atoms with Gasteiger partial charge in [0.15, 0.2) is 22.1 Å². The fourth-order valence-electron chi connectivity index (χ4n) is 2.62. The number of anilines is 1. The van der Waals surface area contributed by atoms with Gasteiger partial charge < -0.3 is 15.6 Å². The first-order valence-corrected chi connectivity index (χ1v) is 9.79. The quantitative estimate of drug-likeness (QED) is 0.595. The van der Waals surface area contributed by atoms with Crippen molar-refractivity contribution in [2.24, 2.45) is 0 Å². The normalized spacial score (nSPS) is 11.6. The van der Waals surface area contributed by atoms with Gasteiger partial charge in [-0.05, 0) is 37.6 Å². The van der Waals surface area contributed by atoms with E-state index in [-0.39, 0.29) is 0 Å². The van der Waals surface area contributed by atoms with Gasteiger partial charge in [-0.25, -0.2) is 15.0 Å². The van der Waals surface area contributed by atoms with E-state index in [4.69, 9.17) is 22.3 Å². The third-order valence-electron chi connectivity index (χ3n) is 3.99. The molecule has 6 nitrogen and oxygen atoms in total. The van der Waals surface area contributed by atoms with Crippen molar-refractivity contribution in [3.05, 3.63) is 35.1 Å². The van der Waals surface area contributed by atoms with Gasteiger partial charge in [-0.2, -0.15) is 0 Å². The summed E-state index contributed by atoms with van der Waals surface area (Å²) >= 11 is 7.75. The van der Waals surface area contributed by atoms with Crippen LogP contribution in [0.2, 0.25) is 5.02 Å². The van der Waals surface area contributed by atoms with Crippen molar-refractivity contribution >= 4 is 40.3 Å². The summed E-state index contributed by atoms with van der Waals surface area (Å²) in [6.07, 6.45) is 2.46. The molecule has 8 heteroatoms. The number of fused-ring (bicyclic) bond motifs is 1. The van der Waals surface area contributed by atoms with Crippen LogP contribution in [0.1, 0.15) is 25.8 Å². The van der Waals surface area contributed by atoms with Crippen molar-refractivity contribution in [1.82, 2.24) is 24.8 Å². The van der Waals surface area contributed by atoms with Gasteiger partial charge in [0.25, 0.3) is 0 Å². The lowest BCUT2D eigenvalue weighted by Crippen LogP contribution is -2.24. The predicted octanol–water partition coefficient (Wildman–Crippen LogP) is 3.91. The molecule has 0 radical (unpaired) electrons. The molecule has 0 aliphatic heterocycles. The largest absolute Gasteiger partial charge is 0.382 e. The van der Waals surface area contributed by atoms with E-state index in [2.05, 4.69) is 40.6 Å². The van der Waals surface area contributed by atoms with Gasteiger partial charge in [0.2, 0.25) is 0 Å². The van der Waals surface area contributed by atoms with Gasteiger partial charge in [-0.15, -0.1) is 0 Å². The molecule has 0 atom stereocenters. The fourth-order valence-corrected chi connectivity index (χ4v) is 3.90. The Bertz CT molecular complexity index is 908. The molecule has 3 N–H and O–H groups in total. The maximum atomic E-state index is 6.17. The minimum absolute atomic E-state index is 0.402. The maximum Gasteiger partial charge on any atom is 0.175 e. The van der Waals surface area contributed by atoms with E-state index in [1.54, 1.807) is 11.8 Å². The monoisotopic (exact) mass is 390 g/mol. The molecule has 138 valence electrons. The number of nitrogens with one attached hydrogen (secondary N) is 1. The highest BCUT2D eigenvalue weighted by Crippen LogP contribution is 2.34. The average Bonchev–Trinajstić information content (AvgIpc) is 2.94. The topological polar surface area (TPSA) is 81.7 Å². The van der Waals surface area contributed by atoms with Crippen LogP contribution in [0.5, 0.6) is 0 Å². The van der Waals surface area contributed by atoms with Crippen molar-refractivity contribution in [1.29, 1.82) is 0 Å². The van der Waals surface area contributed by atoms with Gasteiger partial charge >= 0.3 is 0 Å². The van der Waals surface area contributed by atoms with E-state index >= 15 is 0 Å². The summed E-state index contributed by atoms with van der Waals surface area (Å²) in [5.74, 6) is 0.402. The summed E-state index contributed by atoms with van der Waals surface area (Å²) in [7, 11) is 0. The molecule has 0 spiro atoms. The van der Waals surface area contributed by atoms with E-state index in [9.17, 15) is 0 Å². The molecule has 0 aliphatic rings. The molecule has 0 aliphatic carbocycles. The fraction of sp³-hybridized carbons (Fsp3) is 0.389. The predicted molar refractivity (Wildman–Crippen MR) is 108 cm³/mol. The number of hydrogen-bond donors (Lipinski definition) is 2. The number of hydrogen-bond acceptors (Lipinski definition) is 6. The Morgan fingerprint density at radius 2 is 2.12 bits per heavy atom. The summed E-state index contributed by atoms with van der Waals surface area (Å²) in [5, 5.41) is 5.00. The van der Waals surface area contributed by atoms with Crippen LogP contribution in [0.4, 0.5) is 5.82 Å². The molecule has 0 saturated heterocycles. The van der Waals surface area contributed by atoms with Crippen LogP contribution in [0.25, 0.3) is 11.2 Å². The first kappa shape index (κ1) is 18.9. The van der Waals surface area contributed by atoms with E-state index < -0.39 is 0 Å². The second kappa shape index (κ2) is 8.24. The summed E-state index contributed by atoms with van der Waals surface area (Å²) in [6, 6.07) is 6.33. The number of halogens is 1. The molecule has 0 unspecified atom stereocenters. The minimum Gasteiger partial charge on any atom is -0.382 e. The van der Waals surface area contributed by atoms with E-state index in [1.807, 2.05) is 18.2 Å². The van der Waals surface area contributed by atoms with E-state index in [0.29, 0.717) is 22.4 Å². The molecule has 3 rings (SSSR count). The molecular weight excluding hydrogens is 368 g/mol. The minimum atomic E-state index is 0.402. The van der Waals surface area contributed by atoms with Crippen LogP contribution in [0, 0.1) is 6.92 Å². The van der Waals surface area contributed by atoms with Crippen LogP contribution < -0.4 is 11.1 Å². The Morgan fingerprint density at radius 3 is 2.88 bits per heavy atom. The Kier molecular flexibility index (Phi) is 6.01. The van der Waals surface area contributed by atoms with Crippen molar-refractivity contribution in [2.75, 3.05) is 12.3 Å². The van der Waals surface area contributed by atoms with Gasteiger partial charge in [0, 0.05) is 22.5 Å². The Morgan fingerprint density at radius 1 is 1.31 bits per heavy atom. The van der Waals surface area contributed by atoms with Crippen LogP contribution in [-0.2, 0) is 6.54 Å².